The van der Waals surface area contributed by atoms with E-state index < -0.39 is 0 Å². The average Bonchev–Trinajstić information content (AvgIpc) is 2.61. The molecule has 24 heavy (non-hydrogen) atoms. The summed E-state index contributed by atoms with van der Waals surface area (Å²) >= 11 is 1.57. The highest BCUT2D eigenvalue weighted by atomic mass is 32.2. The minimum absolute atomic E-state index is 0.627. The van der Waals surface area contributed by atoms with E-state index in [1.165, 1.54) is 37.9 Å². The number of hydrogen-bond acceptors (Lipinski definition) is 6. The average molecular weight is 344 g/mol. The number of anilines is 2. The molecule has 0 atom stereocenters. The topological polar surface area (TPSA) is 67.1 Å². The number of nitrogens with one attached hydrogen (secondary N) is 1. The molecule has 1 aromatic carbocycles. The van der Waals surface area contributed by atoms with Gasteiger partial charge in [-0.1, -0.05) is 35.9 Å². The van der Waals surface area contributed by atoms with E-state index in [0.29, 0.717) is 5.69 Å². The molecule has 1 fully saturated rings. The second kappa shape index (κ2) is 8.35. The summed E-state index contributed by atoms with van der Waals surface area (Å²) in [6.45, 7) is 6.38. The minimum Gasteiger partial charge on any atom is -0.394 e. The van der Waals surface area contributed by atoms with Crippen molar-refractivity contribution in [2.45, 2.75) is 36.1 Å². The number of nitrogens with zero attached hydrogens (tertiary/aromatic N) is 3. The molecule has 2 aromatic rings. The molecule has 0 radical (unpaired) electrons. The molecule has 0 spiro atoms. The number of nitrogen functional groups attached to an aromatic ring is 1. The highest BCUT2D eigenvalue weighted by Crippen LogP contribution is 2.32. The summed E-state index contributed by atoms with van der Waals surface area (Å²) in [5.74, 6) is 0.733. The number of aryl methyl sites for hydroxylation is 1. The first-order valence-electron chi connectivity index (χ1n) is 8.53. The van der Waals surface area contributed by atoms with Crippen LogP contribution >= 0.6 is 11.8 Å². The molecule has 1 aromatic heterocycles. The fourth-order valence-electron chi connectivity index (χ4n) is 2.83. The largest absolute Gasteiger partial charge is 0.394 e. The number of piperidine rings is 1. The summed E-state index contributed by atoms with van der Waals surface area (Å²) in [5, 5.41) is 4.16. The summed E-state index contributed by atoms with van der Waals surface area (Å²) in [5.41, 5.74) is 8.13. The predicted octanol–water partition coefficient (Wildman–Crippen LogP) is 3.42. The molecular weight excluding hydrogens is 318 g/mol. The number of likely N-dealkylation sites (tertiary alicyclic amines) is 1. The summed E-state index contributed by atoms with van der Waals surface area (Å²) in [4.78, 5) is 12.3. The maximum Gasteiger partial charge on any atom is 0.153 e. The van der Waals surface area contributed by atoms with Crippen LogP contribution in [0.5, 0.6) is 0 Å². The zero-order valence-corrected chi connectivity index (χ0v) is 15.0. The van der Waals surface area contributed by atoms with Crippen molar-refractivity contribution in [2.75, 3.05) is 37.2 Å². The Morgan fingerprint density at radius 1 is 1.12 bits per heavy atom. The number of aromatic nitrogens is 2. The molecule has 0 bridgehead atoms. The van der Waals surface area contributed by atoms with Crippen LogP contribution in [0.15, 0.2) is 40.5 Å². The molecule has 0 saturated carbocycles. The van der Waals surface area contributed by atoms with Gasteiger partial charge in [-0.2, -0.15) is 0 Å². The number of rotatable bonds is 6. The van der Waals surface area contributed by atoms with Gasteiger partial charge in [0.2, 0.25) is 0 Å². The maximum atomic E-state index is 6.26. The van der Waals surface area contributed by atoms with E-state index in [4.69, 9.17) is 5.73 Å². The van der Waals surface area contributed by atoms with Gasteiger partial charge >= 0.3 is 0 Å². The molecule has 128 valence electrons. The molecule has 0 aliphatic carbocycles. The van der Waals surface area contributed by atoms with E-state index in [9.17, 15) is 0 Å². The van der Waals surface area contributed by atoms with Crippen LogP contribution < -0.4 is 11.1 Å². The smallest absolute Gasteiger partial charge is 0.153 e. The third kappa shape index (κ3) is 4.61. The first-order valence-corrected chi connectivity index (χ1v) is 9.35. The van der Waals surface area contributed by atoms with Crippen LogP contribution in [0, 0.1) is 6.92 Å². The van der Waals surface area contributed by atoms with Crippen molar-refractivity contribution in [2.24, 2.45) is 0 Å². The summed E-state index contributed by atoms with van der Waals surface area (Å²) < 4.78 is 0. The lowest BCUT2D eigenvalue weighted by molar-refractivity contribution is 0.237. The molecule has 3 rings (SSSR count). The maximum absolute atomic E-state index is 6.26. The fraction of sp³-hybridized carbons (Fsp3) is 0.444. The molecule has 3 N–H and O–H groups in total. The Labute approximate surface area is 148 Å². The van der Waals surface area contributed by atoms with Gasteiger partial charge in [-0.25, -0.2) is 9.97 Å². The lowest BCUT2D eigenvalue weighted by Gasteiger charge is -2.26. The molecule has 1 saturated heterocycles. The van der Waals surface area contributed by atoms with Gasteiger partial charge in [0.15, 0.2) is 5.82 Å². The zero-order valence-electron chi connectivity index (χ0n) is 14.2. The first kappa shape index (κ1) is 17.0. The molecule has 5 nitrogen and oxygen atoms in total. The molecule has 2 heterocycles. The SMILES string of the molecule is Cc1ccc(Sc2ncnc(NCCN3CCCCC3)c2N)cc1. The minimum atomic E-state index is 0.627. The Balaban J connectivity index is 1.59. The van der Waals surface area contributed by atoms with Gasteiger partial charge in [-0.05, 0) is 45.0 Å². The normalized spacial score (nSPS) is 15.4. The Kier molecular flexibility index (Phi) is 5.93. The summed E-state index contributed by atoms with van der Waals surface area (Å²) in [7, 11) is 0. The Morgan fingerprint density at radius 2 is 1.88 bits per heavy atom. The second-order valence-electron chi connectivity index (χ2n) is 6.19. The number of nitrogens with two attached hydrogens (primary N) is 1. The van der Waals surface area contributed by atoms with E-state index in [1.807, 2.05) is 0 Å². The van der Waals surface area contributed by atoms with Gasteiger partial charge in [-0.3, -0.25) is 0 Å². The quantitative estimate of drug-likeness (QED) is 0.784. The Morgan fingerprint density at radius 3 is 2.62 bits per heavy atom. The van der Waals surface area contributed by atoms with Crippen molar-refractivity contribution in [3.8, 4) is 0 Å². The van der Waals surface area contributed by atoms with Crippen molar-refractivity contribution in [1.29, 1.82) is 0 Å². The first-order chi connectivity index (χ1) is 11.7. The van der Waals surface area contributed by atoms with E-state index in [0.717, 1.165) is 28.8 Å². The van der Waals surface area contributed by atoms with E-state index in [1.54, 1.807) is 18.1 Å². The van der Waals surface area contributed by atoms with Crippen LogP contribution in [0.3, 0.4) is 0 Å². The van der Waals surface area contributed by atoms with Crippen LogP contribution in [0.1, 0.15) is 24.8 Å². The van der Waals surface area contributed by atoms with Crippen LogP contribution in [-0.2, 0) is 0 Å². The van der Waals surface area contributed by atoms with Crippen molar-refractivity contribution in [1.82, 2.24) is 14.9 Å². The third-order valence-electron chi connectivity index (χ3n) is 4.25. The van der Waals surface area contributed by atoms with Crippen molar-refractivity contribution < 1.29 is 0 Å². The highest BCUT2D eigenvalue weighted by Gasteiger charge is 2.12. The van der Waals surface area contributed by atoms with Crippen molar-refractivity contribution in [3.05, 3.63) is 36.2 Å². The second-order valence-corrected chi connectivity index (χ2v) is 7.25. The van der Waals surface area contributed by atoms with Gasteiger partial charge in [0.05, 0.1) is 0 Å². The van der Waals surface area contributed by atoms with E-state index >= 15 is 0 Å². The van der Waals surface area contributed by atoms with Gasteiger partial charge in [0.1, 0.15) is 17.0 Å². The molecule has 1 aliphatic heterocycles. The summed E-state index contributed by atoms with van der Waals surface area (Å²) in [6, 6.07) is 8.37. The van der Waals surface area contributed by atoms with Gasteiger partial charge < -0.3 is 16.0 Å². The van der Waals surface area contributed by atoms with Crippen molar-refractivity contribution in [3.63, 3.8) is 0 Å². The monoisotopic (exact) mass is 343 g/mol. The number of benzene rings is 1. The molecule has 0 amide bonds. The Bertz CT molecular complexity index is 653. The lowest BCUT2D eigenvalue weighted by atomic mass is 10.1. The summed E-state index contributed by atoms with van der Waals surface area (Å²) in [6.07, 6.45) is 5.57. The van der Waals surface area contributed by atoms with E-state index in [-0.39, 0.29) is 0 Å². The van der Waals surface area contributed by atoms with Gasteiger partial charge in [0, 0.05) is 18.0 Å². The third-order valence-corrected chi connectivity index (χ3v) is 5.28. The standard InChI is InChI=1S/C18H25N5S/c1-14-5-7-15(8-6-14)24-18-16(19)17(21-13-22-18)20-9-12-23-10-3-2-4-11-23/h5-8,13H,2-4,9-12,19H2,1H3,(H,20,21,22). The lowest BCUT2D eigenvalue weighted by Crippen LogP contribution is -2.33. The molecular formula is C18H25N5S. The number of hydrogen-bond donors (Lipinski definition) is 2. The molecule has 1 aliphatic rings. The van der Waals surface area contributed by atoms with E-state index in [2.05, 4.69) is 51.4 Å². The van der Waals surface area contributed by atoms with Crippen LogP contribution in [0.4, 0.5) is 11.5 Å². The zero-order chi connectivity index (χ0) is 16.8. The fourth-order valence-corrected chi connectivity index (χ4v) is 3.64. The molecule has 0 unspecified atom stereocenters. The van der Waals surface area contributed by atoms with Gasteiger partial charge in [0.25, 0.3) is 0 Å². The van der Waals surface area contributed by atoms with Crippen LogP contribution in [-0.4, -0.2) is 41.0 Å². The van der Waals surface area contributed by atoms with Crippen LogP contribution in [0.25, 0.3) is 0 Å². The van der Waals surface area contributed by atoms with Gasteiger partial charge in [-0.15, -0.1) is 0 Å². The van der Waals surface area contributed by atoms with Crippen molar-refractivity contribution >= 4 is 23.3 Å². The predicted molar refractivity (Wildman–Crippen MR) is 101 cm³/mol. The van der Waals surface area contributed by atoms with Crippen LogP contribution in [0.2, 0.25) is 0 Å². The molecule has 6 heteroatoms. The highest BCUT2D eigenvalue weighted by molar-refractivity contribution is 7.99. The Hall–Kier alpha value is -1.79.